The first-order chi connectivity index (χ1) is 13.8. The van der Waals surface area contributed by atoms with Gasteiger partial charge in [0.05, 0.1) is 11.5 Å². The molecule has 156 valence electrons. The van der Waals surface area contributed by atoms with Crippen LogP contribution in [0.25, 0.3) is 0 Å². The van der Waals surface area contributed by atoms with Crippen LogP contribution in [-0.2, 0) is 10.2 Å². The second-order valence-corrected chi connectivity index (χ2v) is 8.39. The van der Waals surface area contributed by atoms with Crippen LogP contribution in [-0.4, -0.2) is 30.4 Å². The van der Waals surface area contributed by atoms with E-state index in [1.165, 1.54) is 30.4 Å². The molecular formula is C25H33ClN2O. The Kier molecular flexibility index (Phi) is 7.74. The summed E-state index contributed by atoms with van der Waals surface area (Å²) in [6.45, 7) is 2.94. The van der Waals surface area contributed by atoms with E-state index in [1.54, 1.807) is 0 Å². The number of nitrogens with one attached hydrogen (secondary N) is 1. The van der Waals surface area contributed by atoms with Gasteiger partial charge in [0, 0.05) is 6.54 Å². The van der Waals surface area contributed by atoms with Gasteiger partial charge in [-0.05, 0) is 49.9 Å². The summed E-state index contributed by atoms with van der Waals surface area (Å²) < 4.78 is 0. The molecule has 4 heteroatoms. The molecule has 0 bridgehead atoms. The van der Waals surface area contributed by atoms with E-state index in [1.807, 2.05) is 6.07 Å². The molecule has 1 aliphatic heterocycles. The van der Waals surface area contributed by atoms with Crippen LogP contribution in [0.2, 0.25) is 0 Å². The van der Waals surface area contributed by atoms with Crippen LogP contribution in [0.4, 0.5) is 0 Å². The number of hydrogen-bond donors (Lipinski definition) is 1. The van der Waals surface area contributed by atoms with Crippen LogP contribution in [0, 0.1) is 0 Å². The molecule has 1 atom stereocenters. The standard InChI is InChI=1S/C25H32N2O.ClH/c28-24(25(16-8-3-9-17-25)22-14-6-2-7-15-22)26-20-23(27-18-10-11-19-27)21-12-4-1-5-13-21;/h1-2,4-7,12-15,23H,3,8-11,16-20H2,(H,26,28);1H. The number of likely N-dealkylation sites (tertiary alicyclic amines) is 1. The molecule has 1 amide bonds. The van der Waals surface area contributed by atoms with Crippen LogP contribution in [0.5, 0.6) is 0 Å². The van der Waals surface area contributed by atoms with Crippen LogP contribution >= 0.6 is 12.4 Å². The lowest BCUT2D eigenvalue weighted by Gasteiger charge is -2.37. The van der Waals surface area contributed by atoms with Gasteiger partial charge in [-0.25, -0.2) is 0 Å². The maximum absolute atomic E-state index is 13.5. The Morgan fingerprint density at radius 3 is 2.07 bits per heavy atom. The van der Waals surface area contributed by atoms with Gasteiger partial charge in [-0.2, -0.15) is 0 Å². The fraction of sp³-hybridized carbons (Fsp3) is 0.480. The first kappa shape index (κ1) is 21.9. The molecule has 0 aromatic heterocycles. The van der Waals surface area contributed by atoms with E-state index >= 15 is 0 Å². The minimum Gasteiger partial charge on any atom is -0.353 e. The van der Waals surface area contributed by atoms with E-state index in [4.69, 9.17) is 0 Å². The zero-order valence-corrected chi connectivity index (χ0v) is 18.0. The van der Waals surface area contributed by atoms with Crippen molar-refractivity contribution in [3.63, 3.8) is 0 Å². The lowest BCUT2D eigenvalue weighted by Crippen LogP contribution is -2.48. The van der Waals surface area contributed by atoms with Crippen molar-refractivity contribution in [2.75, 3.05) is 19.6 Å². The van der Waals surface area contributed by atoms with Crippen molar-refractivity contribution in [3.05, 3.63) is 71.8 Å². The quantitative estimate of drug-likeness (QED) is 0.701. The first-order valence-electron chi connectivity index (χ1n) is 10.9. The molecule has 1 heterocycles. The normalized spacial score (nSPS) is 19.9. The maximum atomic E-state index is 13.5. The predicted octanol–water partition coefficient (Wildman–Crippen LogP) is 5.26. The zero-order chi connectivity index (χ0) is 19.2. The Morgan fingerprint density at radius 2 is 1.45 bits per heavy atom. The predicted molar refractivity (Wildman–Crippen MR) is 121 cm³/mol. The third kappa shape index (κ3) is 4.84. The summed E-state index contributed by atoms with van der Waals surface area (Å²) in [5.41, 5.74) is 2.14. The highest BCUT2D eigenvalue weighted by Gasteiger charge is 2.41. The van der Waals surface area contributed by atoms with E-state index in [-0.39, 0.29) is 29.8 Å². The molecule has 2 fully saturated rings. The van der Waals surface area contributed by atoms with Crippen LogP contribution in [0.15, 0.2) is 60.7 Å². The van der Waals surface area contributed by atoms with Crippen molar-refractivity contribution in [2.24, 2.45) is 0 Å². The molecule has 3 nitrogen and oxygen atoms in total. The van der Waals surface area contributed by atoms with Gasteiger partial charge in [0.25, 0.3) is 0 Å². The molecule has 1 N–H and O–H groups in total. The Morgan fingerprint density at radius 1 is 0.862 bits per heavy atom. The molecule has 0 spiro atoms. The highest BCUT2D eigenvalue weighted by molar-refractivity contribution is 5.88. The van der Waals surface area contributed by atoms with Gasteiger partial charge in [-0.1, -0.05) is 79.9 Å². The second kappa shape index (κ2) is 10.3. The number of carbonyl (C=O) groups is 1. The average Bonchev–Trinajstić information content (AvgIpc) is 3.30. The second-order valence-electron chi connectivity index (χ2n) is 8.39. The van der Waals surface area contributed by atoms with Gasteiger partial charge in [0.2, 0.25) is 5.91 Å². The zero-order valence-electron chi connectivity index (χ0n) is 17.2. The van der Waals surface area contributed by atoms with Crippen LogP contribution < -0.4 is 5.32 Å². The minimum atomic E-state index is -0.355. The van der Waals surface area contributed by atoms with E-state index < -0.39 is 0 Å². The molecule has 1 aliphatic carbocycles. The highest BCUT2D eigenvalue weighted by atomic mass is 35.5. The minimum absolute atomic E-state index is 0. The van der Waals surface area contributed by atoms with Crippen LogP contribution in [0.3, 0.4) is 0 Å². The number of carbonyl (C=O) groups excluding carboxylic acids is 1. The fourth-order valence-corrected chi connectivity index (χ4v) is 5.10. The number of halogens is 1. The number of rotatable bonds is 6. The van der Waals surface area contributed by atoms with Crippen molar-refractivity contribution >= 4 is 18.3 Å². The summed E-state index contributed by atoms with van der Waals surface area (Å²) in [6.07, 6.45) is 7.94. The number of benzene rings is 2. The van der Waals surface area contributed by atoms with Crippen LogP contribution in [0.1, 0.15) is 62.1 Å². The van der Waals surface area contributed by atoms with Gasteiger partial charge in [0.15, 0.2) is 0 Å². The van der Waals surface area contributed by atoms with Gasteiger partial charge < -0.3 is 5.32 Å². The smallest absolute Gasteiger partial charge is 0.230 e. The molecule has 29 heavy (non-hydrogen) atoms. The number of nitrogens with zero attached hydrogens (tertiary/aromatic N) is 1. The summed E-state index contributed by atoms with van der Waals surface area (Å²) in [5.74, 6) is 0.221. The molecule has 2 aliphatic rings. The summed E-state index contributed by atoms with van der Waals surface area (Å²) in [5, 5.41) is 3.39. The lowest BCUT2D eigenvalue weighted by atomic mass is 9.68. The van der Waals surface area contributed by atoms with Crippen molar-refractivity contribution in [1.82, 2.24) is 10.2 Å². The Labute approximate surface area is 181 Å². The SMILES string of the molecule is Cl.O=C(NCC(c1ccccc1)N1CCCC1)C1(c2ccccc2)CCCCC1. The monoisotopic (exact) mass is 412 g/mol. The molecule has 2 aromatic rings. The third-order valence-electron chi connectivity index (χ3n) is 6.69. The highest BCUT2D eigenvalue weighted by Crippen LogP contribution is 2.40. The molecule has 1 saturated carbocycles. The molecule has 2 aromatic carbocycles. The Bertz CT molecular complexity index is 753. The van der Waals surface area contributed by atoms with E-state index in [0.29, 0.717) is 6.54 Å². The topological polar surface area (TPSA) is 32.3 Å². The van der Waals surface area contributed by atoms with E-state index in [9.17, 15) is 4.79 Å². The number of amides is 1. The Balaban J connectivity index is 0.00000240. The van der Waals surface area contributed by atoms with Gasteiger partial charge in [0.1, 0.15) is 0 Å². The third-order valence-corrected chi connectivity index (χ3v) is 6.69. The summed E-state index contributed by atoms with van der Waals surface area (Å²) in [4.78, 5) is 16.1. The van der Waals surface area contributed by atoms with Crippen molar-refractivity contribution in [2.45, 2.75) is 56.4 Å². The van der Waals surface area contributed by atoms with E-state index in [0.717, 1.165) is 38.8 Å². The molecular weight excluding hydrogens is 380 g/mol. The van der Waals surface area contributed by atoms with Crippen molar-refractivity contribution in [3.8, 4) is 0 Å². The average molecular weight is 413 g/mol. The molecule has 0 radical (unpaired) electrons. The fourth-order valence-electron chi connectivity index (χ4n) is 5.10. The van der Waals surface area contributed by atoms with Gasteiger partial charge in [-0.15, -0.1) is 12.4 Å². The van der Waals surface area contributed by atoms with Crippen molar-refractivity contribution < 1.29 is 4.79 Å². The molecule has 1 unspecified atom stereocenters. The number of hydrogen-bond acceptors (Lipinski definition) is 2. The van der Waals surface area contributed by atoms with Gasteiger partial charge in [-0.3, -0.25) is 9.69 Å². The lowest BCUT2D eigenvalue weighted by molar-refractivity contribution is -0.128. The molecule has 4 rings (SSSR count). The Hall–Kier alpha value is -1.84. The summed E-state index contributed by atoms with van der Waals surface area (Å²) >= 11 is 0. The maximum Gasteiger partial charge on any atom is 0.230 e. The van der Waals surface area contributed by atoms with Gasteiger partial charge >= 0.3 is 0 Å². The largest absolute Gasteiger partial charge is 0.353 e. The summed E-state index contributed by atoms with van der Waals surface area (Å²) in [6, 6.07) is 21.4. The first-order valence-corrected chi connectivity index (χ1v) is 10.9. The summed E-state index contributed by atoms with van der Waals surface area (Å²) in [7, 11) is 0. The molecule has 1 saturated heterocycles. The van der Waals surface area contributed by atoms with E-state index in [2.05, 4.69) is 64.8 Å². The van der Waals surface area contributed by atoms with Crippen molar-refractivity contribution in [1.29, 1.82) is 0 Å².